The zero-order chi connectivity index (χ0) is 14.2. The number of carbonyl (C=O) groups is 1. The first-order chi connectivity index (χ1) is 9.75. The van der Waals surface area contributed by atoms with Crippen LogP contribution in [0.1, 0.15) is 15.9 Å². The van der Waals surface area contributed by atoms with E-state index in [0.717, 1.165) is 5.56 Å². The van der Waals surface area contributed by atoms with Crippen molar-refractivity contribution < 1.29 is 4.79 Å². The molecular weight excluding hydrogens is 272 g/mol. The lowest BCUT2D eigenvalue weighted by Gasteiger charge is -2.11. The third-order valence-corrected chi connectivity index (χ3v) is 2.76. The molecular formula is C14H14N4OS. The van der Waals surface area contributed by atoms with Gasteiger partial charge in [0.1, 0.15) is 0 Å². The second-order valence-electron chi connectivity index (χ2n) is 3.99. The number of hydrogen-bond acceptors (Lipinski definition) is 3. The Morgan fingerprint density at radius 3 is 2.60 bits per heavy atom. The van der Waals surface area contributed by atoms with Crippen LogP contribution in [0.5, 0.6) is 0 Å². The van der Waals surface area contributed by atoms with Gasteiger partial charge in [-0.3, -0.25) is 20.6 Å². The SMILES string of the molecule is O=C(NNC(=S)NCc1ccccc1)c1cccnc1. The first kappa shape index (κ1) is 14.0. The molecule has 5 nitrogen and oxygen atoms in total. The molecule has 0 saturated heterocycles. The van der Waals surface area contributed by atoms with E-state index in [1.165, 1.54) is 6.20 Å². The summed E-state index contributed by atoms with van der Waals surface area (Å²) in [5.74, 6) is -0.290. The minimum Gasteiger partial charge on any atom is -0.357 e. The highest BCUT2D eigenvalue weighted by Gasteiger charge is 2.04. The molecule has 0 fully saturated rings. The number of hydrogen-bond donors (Lipinski definition) is 3. The molecule has 1 aromatic heterocycles. The van der Waals surface area contributed by atoms with Crippen molar-refractivity contribution in [3.05, 3.63) is 66.0 Å². The van der Waals surface area contributed by atoms with Crippen LogP contribution in [-0.4, -0.2) is 16.0 Å². The maximum Gasteiger partial charge on any atom is 0.271 e. The van der Waals surface area contributed by atoms with Gasteiger partial charge in [-0.1, -0.05) is 30.3 Å². The molecule has 1 heterocycles. The molecule has 0 spiro atoms. The van der Waals surface area contributed by atoms with Crippen molar-refractivity contribution in [2.45, 2.75) is 6.54 Å². The quantitative estimate of drug-likeness (QED) is 0.588. The van der Waals surface area contributed by atoms with Crippen LogP contribution in [0.4, 0.5) is 0 Å². The summed E-state index contributed by atoms with van der Waals surface area (Å²) in [6, 6.07) is 13.2. The molecule has 0 saturated carbocycles. The Kier molecular flexibility index (Phi) is 5.02. The normalized spacial score (nSPS) is 9.60. The number of amides is 1. The van der Waals surface area contributed by atoms with E-state index in [-0.39, 0.29) is 5.91 Å². The van der Waals surface area contributed by atoms with E-state index in [1.54, 1.807) is 18.3 Å². The number of rotatable bonds is 3. The number of pyridine rings is 1. The van der Waals surface area contributed by atoms with Gasteiger partial charge in [-0.2, -0.15) is 0 Å². The maximum absolute atomic E-state index is 11.7. The standard InChI is InChI=1S/C14H14N4OS/c19-13(12-7-4-8-15-10-12)17-18-14(20)16-9-11-5-2-1-3-6-11/h1-8,10H,9H2,(H,17,19)(H2,16,18,20). The van der Waals surface area contributed by atoms with Crippen LogP contribution < -0.4 is 16.2 Å². The van der Waals surface area contributed by atoms with E-state index in [2.05, 4.69) is 21.2 Å². The minimum absolute atomic E-state index is 0.290. The molecule has 0 unspecified atom stereocenters. The summed E-state index contributed by atoms with van der Waals surface area (Å²) in [7, 11) is 0. The van der Waals surface area contributed by atoms with Gasteiger partial charge in [-0.15, -0.1) is 0 Å². The predicted molar refractivity (Wildman–Crippen MR) is 80.7 cm³/mol. The monoisotopic (exact) mass is 286 g/mol. The topological polar surface area (TPSA) is 66.1 Å². The first-order valence-electron chi connectivity index (χ1n) is 6.04. The van der Waals surface area contributed by atoms with Crippen LogP contribution in [0.2, 0.25) is 0 Å². The zero-order valence-corrected chi connectivity index (χ0v) is 11.5. The molecule has 20 heavy (non-hydrogen) atoms. The molecule has 102 valence electrons. The van der Waals surface area contributed by atoms with Gasteiger partial charge in [0.2, 0.25) is 0 Å². The van der Waals surface area contributed by atoms with Crippen molar-refractivity contribution in [2.24, 2.45) is 0 Å². The van der Waals surface area contributed by atoms with Crippen LogP contribution in [0.15, 0.2) is 54.9 Å². The third kappa shape index (κ3) is 4.33. The van der Waals surface area contributed by atoms with Crippen molar-refractivity contribution in [1.82, 2.24) is 21.2 Å². The van der Waals surface area contributed by atoms with Gasteiger partial charge >= 0.3 is 0 Å². The van der Waals surface area contributed by atoms with Crippen LogP contribution in [0, 0.1) is 0 Å². The van der Waals surface area contributed by atoms with Gasteiger partial charge in [0.05, 0.1) is 5.56 Å². The van der Waals surface area contributed by atoms with Crippen molar-refractivity contribution >= 4 is 23.2 Å². The molecule has 6 heteroatoms. The van der Waals surface area contributed by atoms with Crippen molar-refractivity contribution in [1.29, 1.82) is 0 Å². The molecule has 1 aromatic carbocycles. The Bertz CT molecular complexity index is 574. The van der Waals surface area contributed by atoms with Crippen LogP contribution in [-0.2, 0) is 6.54 Å². The Labute approximate surface area is 122 Å². The van der Waals surface area contributed by atoms with Gasteiger partial charge in [-0.05, 0) is 29.9 Å². The average molecular weight is 286 g/mol. The lowest BCUT2D eigenvalue weighted by atomic mass is 10.2. The van der Waals surface area contributed by atoms with Crippen LogP contribution >= 0.6 is 12.2 Å². The van der Waals surface area contributed by atoms with Crippen LogP contribution in [0.3, 0.4) is 0 Å². The van der Waals surface area contributed by atoms with Gasteiger partial charge < -0.3 is 5.32 Å². The van der Waals surface area contributed by atoms with E-state index in [1.807, 2.05) is 30.3 Å². The Hall–Kier alpha value is -2.47. The Morgan fingerprint density at radius 2 is 1.90 bits per heavy atom. The van der Waals surface area contributed by atoms with E-state index >= 15 is 0 Å². The largest absolute Gasteiger partial charge is 0.357 e. The summed E-state index contributed by atoms with van der Waals surface area (Å²) < 4.78 is 0. The number of thiocarbonyl (C=S) groups is 1. The highest BCUT2D eigenvalue weighted by molar-refractivity contribution is 7.80. The van der Waals surface area contributed by atoms with E-state index in [9.17, 15) is 4.79 Å². The summed E-state index contributed by atoms with van der Waals surface area (Å²) in [6.07, 6.45) is 3.09. The zero-order valence-electron chi connectivity index (χ0n) is 10.7. The van der Waals surface area contributed by atoms with Gasteiger partial charge in [0, 0.05) is 18.9 Å². The summed E-state index contributed by atoms with van der Waals surface area (Å²) in [6.45, 7) is 0.593. The van der Waals surface area contributed by atoms with Crippen molar-refractivity contribution in [3.63, 3.8) is 0 Å². The molecule has 0 aliphatic rings. The minimum atomic E-state index is -0.290. The Morgan fingerprint density at radius 1 is 1.10 bits per heavy atom. The van der Waals surface area contributed by atoms with E-state index in [0.29, 0.717) is 17.2 Å². The van der Waals surface area contributed by atoms with Gasteiger partial charge in [0.15, 0.2) is 5.11 Å². The fourth-order valence-corrected chi connectivity index (χ4v) is 1.63. The molecule has 2 rings (SSSR count). The molecule has 0 radical (unpaired) electrons. The Balaban J connectivity index is 1.74. The van der Waals surface area contributed by atoms with Crippen molar-refractivity contribution in [3.8, 4) is 0 Å². The molecule has 0 atom stereocenters. The van der Waals surface area contributed by atoms with E-state index in [4.69, 9.17) is 12.2 Å². The molecule has 1 amide bonds. The maximum atomic E-state index is 11.7. The lowest BCUT2D eigenvalue weighted by molar-refractivity contribution is 0.0943. The van der Waals surface area contributed by atoms with Crippen LogP contribution in [0.25, 0.3) is 0 Å². The van der Waals surface area contributed by atoms with E-state index < -0.39 is 0 Å². The number of nitrogens with one attached hydrogen (secondary N) is 3. The molecule has 0 aliphatic carbocycles. The fourth-order valence-electron chi connectivity index (χ4n) is 1.51. The summed E-state index contributed by atoms with van der Waals surface area (Å²) in [5, 5.41) is 3.35. The fraction of sp³-hybridized carbons (Fsp3) is 0.0714. The molecule has 0 bridgehead atoms. The molecule has 2 aromatic rings. The number of nitrogens with zero attached hydrogens (tertiary/aromatic N) is 1. The second kappa shape index (κ2) is 7.20. The highest BCUT2D eigenvalue weighted by atomic mass is 32.1. The molecule has 3 N–H and O–H groups in total. The van der Waals surface area contributed by atoms with Gasteiger partial charge in [-0.25, -0.2) is 0 Å². The third-order valence-electron chi connectivity index (χ3n) is 2.51. The lowest BCUT2D eigenvalue weighted by Crippen LogP contribution is -2.46. The highest BCUT2D eigenvalue weighted by Crippen LogP contribution is 1.97. The summed E-state index contributed by atoms with van der Waals surface area (Å²) in [5.41, 5.74) is 6.72. The number of hydrazine groups is 1. The molecule has 0 aliphatic heterocycles. The number of carbonyl (C=O) groups excluding carboxylic acids is 1. The number of aromatic nitrogens is 1. The summed E-state index contributed by atoms with van der Waals surface area (Å²) in [4.78, 5) is 15.6. The second-order valence-corrected chi connectivity index (χ2v) is 4.40. The number of benzene rings is 1. The average Bonchev–Trinajstić information content (AvgIpc) is 2.52. The van der Waals surface area contributed by atoms with Crippen molar-refractivity contribution in [2.75, 3.05) is 0 Å². The van der Waals surface area contributed by atoms with Gasteiger partial charge in [0.25, 0.3) is 5.91 Å². The predicted octanol–water partition coefficient (Wildman–Crippen LogP) is 1.39. The first-order valence-corrected chi connectivity index (χ1v) is 6.44. The smallest absolute Gasteiger partial charge is 0.271 e. The summed E-state index contributed by atoms with van der Waals surface area (Å²) >= 11 is 5.07.